The maximum Gasteiger partial charge on any atom is 0.306 e. The Morgan fingerprint density at radius 2 is 1.50 bits per heavy atom. The summed E-state index contributed by atoms with van der Waals surface area (Å²) in [4.78, 5) is 24.2. The Kier molecular flexibility index (Phi) is 19.8. The first-order chi connectivity index (χ1) is 25.4. The zero-order valence-electron chi connectivity index (χ0n) is 30.1. The molecular weight excluding hydrogens is 687 g/mol. The molecule has 0 saturated heterocycles. The van der Waals surface area contributed by atoms with E-state index in [2.05, 4.69) is 52.4 Å². The molecule has 1 atom stereocenters. The molecule has 0 fully saturated rings. The standard InChI is InChI=1S/C38H47N5O8S/c1-4-43(32-12-13-34(29(2)25-32)41-42-38-33(26-39)30(3)36(27-40)52-38)28-35(31-9-6-5-7-10-31)50-23-21-48-19-17-46-15-16-47-18-20-49-22-24-51-37(45)11-8-14-44/h5-7,9-10,12-14,25,35H,4,8,11,15-24,28H2,1-3H3/b42-41+. The van der Waals surface area contributed by atoms with E-state index in [1.165, 1.54) is 11.3 Å². The SMILES string of the molecule is CCN(CC(OCCOCCOCCOCCOCCOC(=O)CCC=O)c1ccccc1)c1ccc(/N=N/c2sc(C#N)c(C)c2C#N)c(C)c1. The minimum Gasteiger partial charge on any atom is -0.463 e. The molecule has 0 aliphatic carbocycles. The highest BCUT2D eigenvalue weighted by atomic mass is 32.1. The number of aldehydes is 1. The van der Waals surface area contributed by atoms with Gasteiger partial charge in [-0.3, -0.25) is 4.79 Å². The van der Waals surface area contributed by atoms with Gasteiger partial charge < -0.3 is 38.1 Å². The molecule has 13 nitrogen and oxygen atoms in total. The molecule has 278 valence electrons. The van der Waals surface area contributed by atoms with Gasteiger partial charge in [-0.05, 0) is 55.7 Å². The van der Waals surface area contributed by atoms with E-state index in [1.54, 1.807) is 6.92 Å². The highest BCUT2D eigenvalue weighted by Gasteiger charge is 2.18. The van der Waals surface area contributed by atoms with Gasteiger partial charge in [-0.15, -0.1) is 21.6 Å². The van der Waals surface area contributed by atoms with Gasteiger partial charge in [0.2, 0.25) is 0 Å². The third-order valence-corrected chi connectivity index (χ3v) is 8.78. The van der Waals surface area contributed by atoms with E-state index in [9.17, 15) is 20.1 Å². The first kappa shape index (κ1) is 41.9. The van der Waals surface area contributed by atoms with Crippen molar-refractivity contribution in [2.75, 3.05) is 84.1 Å². The number of carbonyl (C=O) groups excluding carboxylic acids is 2. The first-order valence-electron chi connectivity index (χ1n) is 17.2. The maximum atomic E-state index is 11.3. The van der Waals surface area contributed by atoms with Crippen molar-refractivity contribution < 1.29 is 38.0 Å². The predicted octanol–water partition coefficient (Wildman–Crippen LogP) is 6.70. The van der Waals surface area contributed by atoms with E-state index in [-0.39, 0.29) is 32.2 Å². The van der Waals surface area contributed by atoms with Crippen LogP contribution in [0.25, 0.3) is 0 Å². The van der Waals surface area contributed by atoms with Crippen LogP contribution >= 0.6 is 11.3 Å². The van der Waals surface area contributed by atoms with Crippen molar-refractivity contribution in [3.05, 3.63) is 75.7 Å². The maximum absolute atomic E-state index is 11.3. The molecule has 1 aromatic heterocycles. The van der Waals surface area contributed by atoms with Crippen molar-refractivity contribution in [3.8, 4) is 12.1 Å². The molecule has 3 aromatic rings. The third kappa shape index (κ3) is 14.6. The smallest absolute Gasteiger partial charge is 0.306 e. The van der Waals surface area contributed by atoms with Crippen LogP contribution in [0.5, 0.6) is 0 Å². The zero-order chi connectivity index (χ0) is 37.4. The van der Waals surface area contributed by atoms with Crippen molar-refractivity contribution in [2.45, 2.75) is 39.7 Å². The molecule has 1 heterocycles. The van der Waals surface area contributed by atoms with Gasteiger partial charge in [-0.2, -0.15) is 10.5 Å². The second-order valence-corrected chi connectivity index (χ2v) is 12.3. The van der Waals surface area contributed by atoms with Crippen molar-refractivity contribution in [1.29, 1.82) is 10.5 Å². The minimum atomic E-state index is -0.410. The molecule has 0 saturated carbocycles. The highest BCUT2D eigenvalue weighted by molar-refractivity contribution is 7.16. The first-order valence-corrected chi connectivity index (χ1v) is 18.0. The number of azo groups is 1. The van der Waals surface area contributed by atoms with Gasteiger partial charge in [-0.1, -0.05) is 30.3 Å². The van der Waals surface area contributed by atoms with Crippen molar-refractivity contribution in [2.24, 2.45) is 10.2 Å². The number of benzene rings is 2. The van der Waals surface area contributed by atoms with E-state index in [1.807, 2.05) is 37.3 Å². The number of carbonyl (C=O) groups is 2. The summed E-state index contributed by atoms with van der Waals surface area (Å²) in [5.41, 5.74) is 4.73. The molecule has 1 unspecified atom stereocenters. The summed E-state index contributed by atoms with van der Waals surface area (Å²) >= 11 is 1.17. The van der Waals surface area contributed by atoms with Gasteiger partial charge in [0.25, 0.3) is 0 Å². The second-order valence-electron chi connectivity index (χ2n) is 11.3. The summed E-state index contributed by atoms with van der Waals surface area (Å²) in [6.45, 7) is 11.0. The molecule has 0 bridgehead atoms. The molecule has 0 spiro atoms. The van der Waals surface area contributed by atoms with Crippen LogP contribution in [-0.2, 0) is 38.0 Å². The zero-order valence-corrected chi connectivity index (χ0v) is 30.9. The van der Waals surface area contributed by atoms with Crippen LogP contribution in [0.2, 0.25) is 0 Å². The van der Waals surface area contributed by atoms with Gasteiger partial charge in [-0.25, -0.2) is 0 Å². The van der Waals surface area contributed by atoms with Crippen LogP contribution in [0.15, 0.2) is 58.8 Å². The third-order valence-electron chi connectivity index (χ3n) is 7.69. The number of likely N-dealkylation sites (N-methyl/N-ethyl adjacent to an activating group) is 1. The number of anilines is 1. The minimum absolute atomic E-state index is 0.0875. The van der Waals surface area contributed by atoms with Crippen molar-refractivity contribution >= 4 is 40.0 Å². The summed E-state index contributed by atoms with van der Waals surface area (Å²) in [5, 5.41) is 28.0. The molecule has 52 heavy (non-hydrogen) atoms. The average molecular weight is 734 g/mol. The van der Waals surface area contributed by atoms with E-state index in [4.69, 9.17) is 28.4 Å². The lowest BCUT2D eigenvalue weighted by atomic mass is 10.1. The summed E-state index contributed by atoms with van der Waals surface area (Å²) in [7, 11) is 0. The number of rotatable bonds is 26. The van der Waals surface area contributed by atoms with Crippen molar-refractivity contribution in [1.82, 2.24) is 0 Å². The summed E-state index contributed by atoms with van der Waals surface area (Å²) < 4.78 is 33.4. The number of thiophene rings is 1. The number of esters is 1. The molecule has 0 amide bonds. The molecule has 2 aromatic carbocycles. The van der Waals surface area contributed by atoms with Crippen LogP contribution in [-0.4, -0.2) is 91.4 Å². The Bertz CT molecular complexity index is 1640. The molecule has 0 radical (unpaired) electrons. The molecule has 14 heteroatoms. The lowest BCUT2D eigenvalue weighted by Crippen LogP contribution is -2.30. The van der Waals surface area contributed by atoms with Crippen LogP contribution in [0.4, 0.5) is 16.4 Å². The van der Waals surface area contributed by atoms with E-state index in [0.717, 1.165) is 23.4 Å². The lowest BCUT2D eigenvalue weighted by molar-refractivity contribution is -0.145. The topological polar surface area (TPSA) is 165 Å². The Balaban J connectivity index is 1.37. The summed E-state index contributed by atoms with van der Waals surface area (Å²) in [5.74, 6) is -0.410. The number of nitrogens with zero attached hydrogens (tertiary/aromatic N) is 5. The molecule has 0 N–H and O–H groups in total. The van der Waals surface area contributed by atoms with Gasteiger partial charge in [0.1, 0.15) is 36.0 Å². The molecular formula is C38H47N5O8S. The second kappa shape index (κ2) is 24.6. The number of nitriles is 2. The fourth-order valence-corrected chi connectivity index (χ4v) is 5.75. The van der Waals surface area contributed by atoms with E-state index < -0.39 is 5.97 Å². The van der Waals surface area contributed by atoms with Crippen molar-refractivity contribution in [3.63, 3.8) is 0 Å². The Hall–Kier alpha value is -4.54. The molecule has 0 aliphatic heterocycles. The van der Waals surface area contributed by atoms with Gasteiger partial charge in [0, 0.05) is 25.2 Å². The van der Waals surface area contributed by atoms with Crippen LogP contribution in [0.1, 0.15) is 53.0 Å². The number of hydrogen-bond acceptors (Lipinski definition) is 14. The van der Waals surface area contributed by atoms with Crippen LogP contribution < -0.4 is 4.90 Å². The van der Waals surface area contributed by atoms with E-state index in [0.29, 0.717) is 92.4 Å². The van der Waals surface area contributed by atoms with Gasteiger partial charge in [0.15, 0.2) is 5.00 Å². The molecule has 0 aliphatic rings. The van der Waals surface area contributed by atoms with Gasteiger partial charge in [0.05, 0.1) is 77.1 Å². The lowest BCUT2D eigenvalue weighted by Gasteiger charge is -2.29. The normalized spacial score (nSPS) is 11.6. The highest BCUT2D eigenvalue weighted by Crippen LogP contribution is 2.36. The fourth-order valence-electron chi connectivity index (χ4n) is 4.87. The quantitative estimate of drug-likeness (QED) is 0.0373. The Labute approximate surface area is 309 Å². The molecule has 3 rings (SSSR count). The monoisotopic (exact) mass is 733 g/mol. The van der Waals surface area contributed by atoms with Crippen LogP contribution in [0, 0.1) is 36.5 Å². The Morgan fingerprint density at radius 1 is 0.865 bits per heavy atom. The van der Waals surface area contributed by atoms with E-state index >= 15 is 0 Å². The largest absolute Gasteiger partial charge is 0.463 e. The fraction of sp³-hybridized carbons (Fsp3) is 0.474. The number of hydrogen-bond donors (Lipinski definition) is 0. The van der Waals surface area contributed by atoms with Gasteiger partial charge >= 0.3 is 5.97 Å². The average Bonchev–Trinajstić information content (AvgIpc) is 3.48. The predicted molar refractivity (Wildman–Crippen MR) is 196 cm³/mol. The number of ether oxygens (including phenoxy) is 6. The number of aryl methyl sites for hydroxylation is 1. The summed E-state index contributed by atoms with van der Waals surface area (Å²) in [6, 6.07) is 20.3. The van der Waals surface area contributed by atoms with Crippen LogP contribution in [0.3, 0.4) is 0 Å². The Morgan fingerprint density at radius 3 is 2.08 bits per heavy atom. The summed E-state index contributed by atoms with van der Waals surface area (Å²) in [6.07, 6.45) is 0.747.